The predicted octanol–water partition coefficient (Wildman–Crippen LogP) is 3.40. The minimum Gasteiger partial charge on any atom is -0.386 e. The van der Waals surface area contributed by atoms with Crippen molar-refractivity contribution < 1.29 is 19.4 Å². The van der Waals surface area contributed by atoms with Gasteiger partial charge in [0.15, 0.2) is 0 Å². The molecule has 2 unspecified atom stereocenters. The van der Waals surface area contributed by atoms with Crippen LogP contribution in [0, 0.1) is 0 Å². The third-order valence-corrected chi connectivity index (χ3v) is 5.34. The molecular formula is C25H24N2O4. The summed E-state index contributed by atoms with van der Waals surface area (Å²) < 4.78 is 5.42. The van der Waals surface area contributed by atoms with E-state index in [1.165, 1.54) is 0 Å². The number of carbonyl (C=O) groups excluding carboxylic acids is 2. The van der Waals surface area contributed by atoms with E-state index in [4.69, 9.17) is 4.74 Å². The molecule has 0 spiro atoms. The molecule has 1 heterocycles. The number of benzene rings is 3. The molecule has 1 saturated heterocycles. The Morgan fingerprint density at radius 1 is 1.00 bits per heavy atom. The van der Waals surface area contributed by atoms with Crippen LogP contribution in [0.5, 0.6) is 0 Å². The molecule has 0 aliphatic carbocycles. The van der Waals surface area contributed by atoms with Crippen LogP contribution in [0.3, 0.4) is 0 Å². The quantitative estimate of drug-likeness (QED) is 0.646. The van der Waals surface area contributed by atoms with Crippen LogP contribution in [0.4, 0.5) is 5.69 Å². The molecule has 0 saturated carbocycles. The van der Waals surface area contributed by atoms with E-state index < -0.39 is 12.1 Å². The second-order valence-electron chi connectivity index (χ2n) is 7.48. The van der Waals surface area contributed by atoms with Gasteiger partial charge in [-0.25, -0.2) is 0 Å². The van der Waals surface area contributed by atoms with Gasteiger partial charge in [-0.2, -0.15) is 0 Å². The van der Waals surface area contributed by atoms with E-state index >= 15 is 0 Å². The van der Waals surface area contributed by atoms with E-state index in [9.17, 15) is 14.7 Å². The zero-order valence-corrected chi connectivity index (χ0v) is 17.0. The topological polar surface area (TPSA) is 78.9 Å². The molecule has 1 aliphatic heterocycles. The molecule has 1 aliphatic rings. The first-order valence-corrected chi connectivity index (χ1v) is 10.2. The van der Waals surface area contributed by atoms with E-state index in [2.05, 4.69) is 5.32 Å². The third-order valence-electron chi connectivity index (χ3n) is 5.34. The lowest BCUT2D eigenvalue weighted by Gasteiger charge is -2.38. The van der Waals surface area contributed by atoms with Gasteiger partial charge in [-0.05, 0) is 35.4 Å². The standard InChI is InChI=1S/C25H24N2O4/c28-23-17-31-16-22(27(23)15-18-7-3-1-4-8-18)24(29)19-11-13-21(14-12-19)26-25(30)20-9-5-2-6-10-20/h1-14,22,24,29H,15-17H2,(H,26,30). The van der Waals surface area contributed by atoms with Crippen molar-refractivity contribution in [3.8, 4) is 0 Å². The number of aliphatic hydroxyl groups excluding tert-OH is 1. The zero-order chi connectivity index (χ0) is 21.6. The van der Waals surface area contributed by atoms with Crippen LogP contribution in [-0.4, -0.2) is 41.1 Å². The van der Waals surface area contributed by atoms with Gasteiger partial charge in [0.2, 0.25) is 5.91 Å². The molecule has 2 amide bonds. The first kappa shape index (κ1) is 20.8. The van der Waals surface area contributed by atoms with E-state index in [1.54, 1.807) is 41.3 Å². The number of morpholine rings is 1. The Morgan fingerprint density at radius 2 is 1.65 bits per heavy atom. The highest BCUT2D eigenvalue weighted by Crippen LogP contribution is 2.27. The van der Waals surface area contributed by atoms with Crippen molar-refractivity contribution in [2.24, 2.45) is 0 Å². The lowest BCUT2D eigenvalue weighted by atomic mass is 9.99. The van der Waals surface area contributed by atoms with Gasteiger partial charge in [-0.3, -0.25) is 9.59 Å². The highest BCUT2D eigenvalue weighted by molar-refractivity contribution is 6.04. The summed E-state index contributed by atoms with van der Waals surface area (Å²) in [5, 5.41) is 13.8. The molecule has 0 aromatic heterocycles. The number of anilines is 1. The summed E-state index contributed by atoms with van der Waals surface area (Å²) in [6.07, 6.45) is -0.910. The normalized spacial score (nSPS) is 17.3. The van der Waals surface area contributed by atoms with Crippen LogP contribution in [0.25, 0.3) is 0 Å². The monoisotopic (exact) mass is 416 g/mol. The van der Waals surface area contributed by atoms with Gasteiger partial charge < -0.3 is 20.1 Å². The summed E-state index contributed by atoms with van der Waals surface area (Å²) in [6, 6.07) is 25.1. The number of aliphatic hydroxyl groups is 1. The second kappa shape index (κ2) is 9.55. The first-order valence-electron chi connectivity index (χ1n) is 10.2. The van der Waals surface area contributed by atoms with E-state index in [-0.39, 0.29) is 25.0 Å². The van der Waals surface area contributed by atoms with E-state index in [1.807, 2.05) is 48.5 Å². The van der Waals surface area contributed by atoms with Crippen molar-refractivity contribution >= 4 is 17.5 Å². The highest BCUT2D eigenvalue weighted by atomic mass is 16.5. The van der Waals surface area contributed by atoms with Crippen molar-refractivity contribution in [2.75, 3.05) is 18.5 Å². The molecule has 0 radical (unpaired) electrons. The second-order valence-corrected chi connectivity index (χ2v) is 7.48. The Labute approximate surface area is 181 Å². The summed E-state index contributed by atoms with van der Waals surface area (Å²) in [7, 11) is 0. The molecule has 6 heteroatoms. The molecule has 2 N–H and O–H groups in total. The molecule has 31 heavy (non-hydrogen) atoms. The largest absolute Gasteiger partial charge is 0.386 e. The average molecular weight is 416 g/mol. The van der Waals surface area contributed by atoms with Crippen LogP contribution in [0.2, 0.25) is 0 Å². The third kappa shape index (κ3) is 4.99. The number of rotatable bonds is 6. The Kier molecular flexibility index (Phi) is 6.40. The number of hydrogen-bond donors (Lipinski definition) is 2. The number of nitrogens with zero attached hydrogens (tertiary/aromatic N) is 1. The van der Waals surface area contributed by atoms with Crippen LogP contribution in [-0.2, 0) is 16.1 Å². The molecule has 158 valence electrons. The summed E-state index contributed by atoms with van der Waals surface area (Å²) in [4.78, 5) is 26.5. The Hall–Kier alpha value is -3.48. The van der Waals surface area contributed by atoms with Crippen molar-refractivity contribution in [1.82, 2.24) is 4.90 Å². The van der Waals surface area contributed by atoms with E-state index in [0.717, 1.165) is 5.56 Å². The smallest absolute Gasteiger partial charge is 0.255 e. The van der Waals surface area contributed by atoms with Crippen LogP contribution in [0.1, 0.15) is 27.6 Å². The molecule has 3 aromatic rings. The molecule has 2 atom stereocenters. The van der Waals surface area contributed by atoms with Crippen molar-refractivity contribution in [1.29, 1.82) is 0 Å². The maximum absolute atomic E-state index is 12.5. The predicted molar refractivity (Wildman–Crippen MR) is 117 cm³/mol. The maximum atomic E-state index is 12.5. The van der Waals surface area contributed by atoms with Crippen molar-refractivity contribution in [3.63, 3.8) is 0 Å². The number of carbonyl (C=O) groups is 2. The number of amides is 2. The summed E-state index contributed by atoms with van der Waals surface area (Å²) >= 11 is 0. The van der Waals surface area contributed by atoms with Crippen LogP contribution >= 0.6 is 0 Å². The van der Waals surface area contributed by atoms with Crippen LogP contribution in [0.15, 0.2) is 84.9 Å². The summed E-state index contributed by atoms with van der Waals surface area (Å²) in [5.74, 6) is -0.347. The Morgan fingerprint density at radius 3 is 2.32 bits per heavy atom. The maximum Gasteiger partial charge on any atom is 0.255 e. The van der Waals surface area contributed by atoms with Gasteiger partial charge in [0, 0.05) is 17.8 Å². The van der Waals surface area contributed by atoms with E-state index in [0.29, 0.717) is 23.4 Å². The first-order chi connectivity index (χ1) is 15.1. The van der Waals surface area contributed by atoms with Gasteiger partial charge in [0.1, 0.15) is 12.7 Å². The molecule has 3 aromatic carbocycles. The van der Waals surface area contributed by atoms with Crippen molar-refractivity contribution in [2.45, 2.75) is 18.7 Å². The summed E-state index contributed by atoms with van der Waals surface area (Å²) in [6.45, 7) is 0.683. The fourth-order valence-corrected chi connectivity index (χ4v) is 3.65. The fourth-order valence-electron chi connectivity index (χ4n) is 3.65. The Balaban J connectivity index is 1.46. The SMILES string of the molecule is O=C(Nc1ccc(C(O)C2COCC(=O)N2Cc2ccccc2)cc1)c1ccccc1. The number of ether oxygens (including phenoxy) is 1. The van der Waals surface area contributed by atoms with Gasteiger partial charge >= 0.3 is 0 Å². The highest BCUT2D eigenvalue weighted by Gasteiger charge is 2.34. The van der Waals surface area contributed by atoms with Crippen molar-refractivity contribution in [3.05, 3.63) is 102 Å². The minimum absolute atomic E-state index is 0.0144. The molecule has 1 fully saturated rings. The minimum atomic E-state index is -0.910. The number of hydrogen-bond acceptors (Lipinski definition) is 4. The van der Waals surface area contributed by atoms with Gasteiger partial charge in [-0.15, -0.1) is 0 Å². The zero-order valence-electron chi connectivity index (χ0n) is 17.0. The summed E-state index contributed by atoms with van der Waals surface area (Å²) in [5.41, 5.74) is 2.84. The molecule has 6 nitrogen and oxygen atoms in total. The average Bonchev–Trinajstić information content (AvgIpc) is 2.82. The van der Waals surface area contributed by atoms with Crippen LogP contribution < -0.4 is 5.32 Å². The lowest BCUT2D eigenvalue weighted by molar-refractivity contribution is -0.155. The van der Waals surface area contributed by atoms with Gasteiger partial charge in [0.05, 0.1) is 12.6 Å². The number of nitrogens with one attached hydrogen (secondary N) is 1. The molecular weight excluding hydrogens is 392 g/mol. The lowest BCUT2D eigenvalue weighted by Crippen LogP contribution is -2.51. The fraction of sp³-hybridized carbons (Fsp3) is 0.200. The Bertz CT molecular complexity index is 1020. The molecule has 0 bridgehead atoms. The molecule has 4 rings (SSSR count). The van der Waals surface area contributed by atoms with Gasteiger partial charge in [-0.1, -0.05) is 60.7 Å². The van der Waals surface area contributed by atoms with Gasteiger partial charge in [0.25, 0.3) is 5.91 Å².